The van der Waals surface area contributed by atoms with Crippen LogP contribution < -0.4 is 16.2 Å². The largest absolute Gasteiger partial charge is 0.497 e. The van der Waals surface area contributed by atoms with Crippen molar-refractivity contribution in [3.63, 3.8) is 0 Å². The van der Waals surface area contributed by atoms with Crippen molar-refractivity contribution in [2.75, 3.05) is 7.11 Å². The SMILES string of the molecule is CCn1c(=O)n(CC(=O)c2ccccc2)c2c(C(N)=O)nc(-c3ccc(OC)cc3)nc21. The molecule has 2 aromatic heterocycles. The molecule has 0 spiro atoms. The number of carbonyl (C=O) groups excluding carboxylic acids is 2. The number of imidazole rings is 1. The number of primary amides is 1. The summed E-state index contributed by atoms with van der Waals surface area (Å²) in [5, 5.41) is 0. The monoisotopic (exact) mass is 431 g/mol. The molecule has 162 valence electrons. The van der Waals surface area contributed by atoms with E-state index in [-0.39, 0.29) is 35.0 Å². The van der Waals surface area contributed by atoms with Crippen LogP contribution in [-0.4, -0.2) is 37.9 Å². The normalized spacial score (nSPS) is 10.9. The van der Waals surface area contributed by atoms with Crippen LogP contribution in [0.5, 0.6) is 5.75 Å². The molecule has 9 heteroatoms. The number of nitrogens with zero attached hydrogens (tertiary/aromatic N) is 4. The maximum Gasteiger partial charge on any atom is 0.330 e. The second-order valence-electron chi connectivity index (χ2n) is 7.06. The predicted molar refractivity (Wildman–Crippen MR) is 119 cm³/mol. The summed E-state index contributed by atoms with van der Waals surface area (Å²) in [5.74, 6) is -0.206. The van der Waals surface area contributed by atoms with Crippen LogP contribution in [0.3, 0.4) is 0 Å². The molecular formula is C23H21N5O4. The lowest BCUT2D eigenvalue weighted by molar-refractivity contribution is 0.0966. The second-order valence-corrected chi connectivity index (χ2v) is 7.06. The summed E-state index contributed by atoms with van der Waals surface area (Å²) < 4.78 is 7.78. The van der Waals surface area contributed by atoms with Crippen molar-refractivity contribution >= 4 is 22.9 Å². The molecular weight excluding hydrogens is 410 g/mol. The third-order valence-corrected chi connectivity index (χ3v) is 5.15. The van der Waals surface area contributed by atoms with Crippen LogP contribution in [-0.2, 0) is 13.1 Å². The molecule has 1 amide bonds. The zero-order valence-electron chi connectivity index (χ0n) is 17.6. The zero-order valence-corrected chi connectivity index (χ0v) is 17.6. The van der Waals surface area contributed by atoms with Gasteiger partial charge in [0.25, 0.3) is 5.91 Å². The molecule has 0 bridgehead atoms. The van der Waals surface area contributed by atoms with Crippen molar-refractivity contribution in [3.05, 3.63) is 76.3 Å². The third-order valence-electron chi connectivity index (χ3n) is 5.15. The number of hydrogen-bond donors (Lipinski definition) is 1. The van der Waals surface area contributed by atoms with Crippen molar-refractivity contribution < 1.29 is 14.3 Å². The van der Waals surface area contributed by atoms with Gasteiger partial charge >= 0.3 is 5.69 Å². The number of Topliss-reactive ketones (excluding diaryl/α,β-unsaturated/α-hetero) is 1. The fraction of sp³-hybridized carbons (Fsp3) is 0.174. The number of nitrogens with two attached hydrogens (primary N) is 1. The van der Waals surface area contributed by atoms with E-state index in [1.165, 1.54) is 9.13 Å². The Kier molecular flexibility index (Phi) is 5.55. The highest BCUT2D eigenvalue weighted by Gasteiger charge is 2.24. The molecule has 4 aromatic rings. The molecule has 0 aliphatic heterocycles. The van der Waals surface area contributed by atoms with Gasteiger partial charge in [-0.15, -0.1) is 0 Å². The van der Waals surface area contributed by atoms with Crippen molar-refractivity contribution in [3.8, 4) is 17.1 Å². The number of hydrogen-bond acceptors (Lipinski definition) is 6. The standard InChI is InChI=1S/C23H21N5O4/c1-3-27-22-19(28(23(27)31)13-17(29)14-7-5-4-6-8-14)18(20(24)30)25-21(26-22)15-9-11-16(32-2)12-10-15/h4-12H,3,13H2,1-2H3,(H2,24,30). The first-order valence-electron chi connectivity index (χ1n) is 9.98. The summed E-state index contributed by atoms with van der Waals surface area (Å²) in [6.45, 7) is 1.81. The molecule has 4 rings (SSSR count). The molecule has 0 radical (unpaired) electrons. The Morgan fingerprint density at radius 2 is 1.69 bits per heavy atom. The quantitative estimate of drug-likeness (QED) is 0.448. The number of amides is 1. The maximum absolute atomic E-state index is 13.1. The molecule has 0 unspecified atom stereocenters. The lowest BCUT2D eigenvalue weighted by Crippen LogP contribution is -2.27. The Balaban J connectivity index is 1.92. The van der Waals surface area contributed by atoms with Gasteiger partial charge < -0.3 is 10.5 Å². The number of fused-ring (bicyclic) bond motifs is 1. The molecule has 0 fully saturated rings. The number of aromatic nitrogens is 4. The summed E-state index contributed by atoms with van der Waals surface area (Å²) in [7, 11) is 1.56. The van der Waals surface area contributed by atoms with Gasteiger partial charge in [0.05, 0.1) is 13.7 Å². The summed E-state index contributed by atoms with van der Waals surface area (Å²) in [6.07, 6.45) is 0. The number of carbonyl (C=O) groups is 2. The van der Waals surface area contributed by atoms with E-state index in [1.807, 2.05) is 0 Å². The summed E-state index contributed by atoms with van der Waals surface area (Å²) >= 11 is 0. The van der Waals surface area contributed by atoms with Gasteiger partial charge in [-0.25, -0.2) is 14.8 Å². The smallest absolute Gasteiger partial charge is 0.330 e. The molecule has 2 N–H and O–H groups in total. The first-order chi connectivity index (χ1) is 15.4. The fourth-order valence-corrected chi connectivity index (χ4v) is 3.54. The minimum atomic E-state index is -0.818. The molecule has 32 heavy (non-hydrogen) atoms. The highest BCUT2D eigenvalue weighted by atomic mass is 16.5. The molecule has 0 aliphatic rings. The van der Waals surface area contributed by atoms with Crippen LogP contribution in [0.1, 0.15) is 27.8 Å². The topological polar surface area (TPSA) is 122 Å². The van der Waals surface area contributed by atoms with Gasteiger partial charge in [0.15, 0.2) is 22.9 Å². The van der Waals surface area contributed by atoms with E-state index in [0.717, 1.165) is 0 Å². The second kappa shape index (κ2) is 8.46. The van der Waals surface area contributed by atoms with Crippen LogP contribution in [0.15, 0.2) is 59.4 Å². The number of ether oxygens (including phenoxy) is 1. The van der Waals surface area contributed by atoms with Gasteiger partial charge in [-0.05, 0) is 31.2 Å². The molecule has 9 nitrogen and oxygen atoms in total. The Morgan fingerprint density at radius 3 is 2.28 bits per heavy atom. The van der Waals surface area contributed by atoms with Crippen molar-refractivity contribution in [1.29, 1.82) is 0 Å². The number of methoxy groups -OCH3 is 1. The van der Waals surface area contributed by atoms with E-state index in [0.29, 0.717) is 23.4 Å². The maximum atomic E-state index is 13.1. The van der Waals surface area contributed by atoms with E-state index in [2.05, 4.69) is 9.97 Å². The number of ketones is 1. The van der Waals surface area contributed by atoms with Crippen LogP contribution in [0.2, 0.25) is 0 Å². The van der Waals surface area contributed by atoms with Crippen LogP contribution in [0.4, 0.5) is 0 Å². The van der Waals surface area contributed by atoms with Gasteiger partial charge in [0.2, 0.25) is 0 Å². The van der Waals surface area contributed by atoms with E-state index >= 15 is 0 Å². The lowest BCUT2D eigenvalue weighted by atomic mass is 10.1. The molecule has 0 saturated heterocycles. The van der Waals surface area contributed by atoms with E-state index in [1.54, 1.807) is 68.6 Å². The lowest BCUT2D eigenvalue weighted by Gasteiger charge is -2.08. The van der Waals surface area contributed by atoms with E-state index in [4.69, 9.17) is 10.5 Å². The van der Waals surface area contributed by atoms with Crippen LogP contribution >= 0.6 is 0 Å². The van der Waals surface area contributed by atoms with Crippen LogP contribution in [0.25, 0.3) is 22.6 Å². The summed E-state index contributed by atoms with van der Waals surface area (Å²) in [6, 6.07) is 15.6. The molecule has 2 heterocycles. The van der Waals surface area contributed by atoms with Gasteiger partial charge in [0, 0.05) is 17.7 Å². The minimum absolute atomic E-state index is 0.119. The van der Waals surface area contributed by atoms with Crippen LogP contribution in [0, 0.1) is 0 Å². The van der Waals surface area contributed by atoms with Crippen molar-refractivity contribution in [2.45, 2.75) is 20.0 Å². The third kappa shape index (κ3) is 3.64. The summed E-state index contributed by atoms with van der Waals surface area (Å²) in [4.78, 5) is 47.1. The number of rotatable bonds is 7. The minimum Gasteiger partial charge on any atom is -0.497 e. The molecule has 0 atom stereocenters. The predicted octanol–water partition coefficient (Wildman–Crippen LogP) is 2.27. The number of benzene rings is 2. The first-order valence-corrected chi connectivity index (χ1v) is 9.98. The average molecular weight is 431 g/mol. The van der Waals surface area contributed by atoms with Gasteiger partial charge in [-0.3, -0.25) is 18.7 Å². The highest BCUT2D eigenvalue weighted by Crippen LogP contribution is 2.24. The Morgan fingerprint density at radius 1 is 1.00 bits per heavy atom. The highest BCUT2D eigenvalue weighted by molar-refractivity contribution is 6.03. The zero-order chi connectivity index (χ0) is 22.8. The molecule has 0 aliphatic carbocycles. The summed E-state index contributed by atoms with van der Waals surface area (Å²) in [5.41, 5.74) is 6.51. The van der Waals surface area contributed by atoms with Crippen molar-refractivity contribution in [1.82, 2.24) is 19.1 Å². The van der Waals surface area contributed by atoms with Gasteiger partial charge in [-0.1, -0.05) is 30.3 Å². The Hall–Kier alpha value is -4.27. The van der Waals surface area contributed by atoms with Gasteiger partial charge in [-0.2, -0.15) is 0 Å². The average Bonchev–Trinajstić information content (AvgIpc) is 3.09. The van der Waals surface area contributed by atoms with E-state index in [9.17, 15) is 14.4 Å². The van der Waals surface area contributed by atoms with Gasteiger partial charge in [0.1, 0.15) is 11.3 Å². The molecule has 2 aromatic carbocycles. The Labute approximate surface area is 183 Å². The Bertz CT molecular complexity index is 1370. The number of aryl methyl sites for hydroxylation is 1. The first kappa shape index (κ1) is 21.0. The molecule has 0 saturated carbocycles. The van der Waals surface area contributed by atoms with E-state index < -0.39 is 11.6 Å². The van der Waals surface area contributed by atoms with Crippen molar-refractivity contribution in [2.24, 2.45) is 5.73 Å². The fourth-order valence-electron chi connectivity index (χ4n) is 3.54.